The number of ether oxygens (including phenoxy) is 3. The minimum Gasteiger partial charge on any atom is -0.481 e. The van der Waals surface area contributed by atoms with E-state index in [2.05, 4.69) is 41.5 Å². The summed E-state index contributed by atoms with van der Waals surface area (Å²) in [4.78, 5) is 71.6. The van der Waals surface area contributed by atoms with Gasteiger partial charge < -0.3 is 30.0 Å². The van der Waals surface area contributed by atoms with Crippen LogP contribution in [-0.2, 0) is 46.2 Å². The molecule has 0 radical (unpaired) electrons. The van der Waals surface area contributed by atoms with Gasteiger partial charge in [-0.15, -0.1) is 12.8 Å². The predicted octanol–water partition coefficient (Wildman–Crippen LogP) is 13.3. The highest BCUT2D eigenvalue weighted by Gasteiger charge is 2.32. The number of nitrogens with one attached hydrogen (secondary N) is 2. The maximum atomic E-state index is 12.7. The molecule has 0 heterocycles. The van der Waals surface area contributed by atoms with E-state index < -0.39 is 30.9 Å². The molecule has 76 heavy (non-hydrogen) atoms. The topological polar surface area (TPSA) is 181 Å². The van der Waals surface area contributed by atoms with Crippen molar-refractivity contribution < 1.29 is 48.1 Å². The lowest BCUT2D eigenvalue weighted by atomic mass is 10.0. The highest BCUT2D eigenvalue weighted by molar-refractivity contribution is 6.17. The number of benzene rings is 2. The molecule has 2 aromatic carbocycles. The van der Waals surface area contributed by atoms with Crippen molar-refractivity contribution in [3.8, 4) is 24.7 Å². The largest absolute Gasteiger partial charge is 0.481 e. The highest BCUT2D eigenvalue weighted by atomic mass is 35.5. The number of halogens is 1. The third-order valence-electron chi connectivity index (χ3n) is 13.7. The number of unbranched alkanes of at least 4 members (excludes halogenated alkanes) is 20. The number of rotatable bonds is 38. The van der Waals surface area contributed by atoms with Crippen molar-refractivity contribution in [3.63, 3.8) is 0 Å². The van der Waals surface area contributed by atoms with Crippen LogP contribution in [-0.4, -0.2) is 90.4 Å². The molecule has 2 aliphatic rings. The molecule has 2 aliphatic carbocycles. The fourth-order valence-corrected chi connectivity index (χ4v) is 9.68. The standard InChI is InChI=1S/C40H64N2O5.C14H14ClNO2.C7H13NO3/c1-3-5-6-7-8-9-10-11-12-13-14-15-16-17-18-19-21-28-38(43)41-32-25-20-22-29-39(44)46-34-47-40(45)42(33-4-2)37-31-30-35-26-23-24-27-36(35)37;1-2-9-16(14(17)18-10-15)13-8-7-11-5-3-4-6-12(11)13;9-6-8-5-3-1-2-4-7(10)11/h2,23-24,26-27,37H,3,5-22,25,28-34H2,1H3,(H,41,43);1,3-6,13H,7-10H2;6H,1-5H2,(H,8,9)(H,10,11)/t37-;13-;/m11./s1. The summed E-state index contributed by atoms with van der Waals surface area (Å²) in [5, 5.41) is 13.7. The molecule has 4 amide bonds. The van der Waals surface area contributed by atoms with Crippen LogP contribution in [0.5, 0.6) is 0 Å². The number of alkyl halides is 1. The third kappa shape index (κ3) is 30.1. The van der Waals surface area contributed by atoms with E-state index >= 15 is 0 Å². The Morgan fingerprint density at radius 1 is 0.605 bits per heavy atom. The van der Waals surface area contributed by atoms with Crippen molar-refractivity contribution in [1.82, 2.24) is 20.4 Å². The molecule has 0 unspecified atom stereocenters. The molecule has 0 aromatic heterocycles. The normalized spacial score (nSPS) is 13.6. The van der Waals surface area contributed by atoms with E-state index in [9.17, 15) is 28.8 Å². The quantitative estimate of drug-likeness (QED) is 0.0146. The van der Waals surface area contributed by atoms with E-state index in [1.807, 2.05) is 36.4 Å². The number of aryl methyl sites for hydroxylation is 2. The zero-order valence-electron chi connectivity index (χ0n) is 45.9. The first kappa shape index (κ1) is 66.4. The van der Waals surface area contributed by atoms with Gasteiger partial charge in [-0.05, 0) is 80.0 Å². The van der Waals surface area contributed by atoms with E-state index in [-0.39, 0.29) is 50.0 Å². The van der Waals surface area contributed by atoms with Crippen LogP contribution < -0.4 is 10.6 Å². The van der Waals surface area contributed by atoms with Gasteiger partial charge in [0.2, 0.25) is 19.1 Å². The smallest absolute Gasteiger partial charge is 0.413 e. The summed E-state index contributed by atoms with van der Waals surface area (Å²) in [5.41, 5.74) is 4.72. The Kier molecular flexibility index (Phi) is 38.8. The molecule has 0 saturated heterocycles. The van der Waals surface area contributed by atoms with Gasteiger partial charge in [-0.1, -0.05) is 194 Å². The van der Waals surface area contributed by atoms with Gasteiger partial charge in [0.05, 0.1) is 25.2 Å². The second-order valence-corrected chi connectivity index (χ2v) is 19.8. The number of carbonyl (C=O) groups excluding carboxylic acids is 5. The molecule has 15 heteroatoms. The monoisotopic (exact) mass is 1070 g/mol. The Bertz CT molecular complexity index is 2020. The minimum absolute atomic E-state index is 0.00651. The predicted molar refractivity (Wildman–Crippen MR) is 301 cm³/mol. The zero-order chi connectivity index (χ0) is 55.3. The van der Waals surface area contributed by atoms with Crippen molar-refractivity contribution in [2.45, 2.75) is 212 Å². The van der Waals surface area contributed by atoms with Crippen molar-refractivity contribution in [2.75, 3.05) is 39.0 Å². The first-order valence-corrected chi connectivity index (χ1v) is 28.9. The molecule has 14 nitrogen and oxygen atoms in total. The van der Waals surface area contributed by atoms with Crippen LogP contribution >= 0.6 is 11.6 Å². The van der Waals surface area contributed by atoms with Gasteiger partial charge in [0.1, 0.15) is 0 Å². The number of carboxylic acid groups (broad SMARTS) is 1. The molecule has 0 saturated carbocycles. The summed E-state index contributed by atoms with van der Waals surface area (Å²) >= 11 is 5.43. The van der Waals surface area contributed by atoms with Gasteiger partial charge >= 0.3 is 24.1 Å². The number of amides is 4. The summed E-state index contributed by atoms with van der Waals surface area (Å²) in [6.07, 6.45) is 42.4. The minimum atomic E-state index is -0.756. The van der Waals surface area contributed by atoms with E-state index in [4.69, 9.17) is 43.8 Å². The van der Waals surface area contributed by atoms with Crippen molar-refractivity contribution in [2.24, 2.45) is 0 Å². The van der Waals surface area contributed by atoms with Crippen LogP contribution in [0.25, 0.3) is 0 Å². The molecular formula is C61H91ClN4O10. The first-order chi connectivity index (χ1) is 37.1. The van der Waals surface area contributed by atoms with Crippen molar-refractivity contribution in [3.05, 3.63) is 70.8 Å². The fraction of sp³-hybridized carbons (Fsp3) is 0.639. The number of hydrogen-bond donors (Lipinski definition) is 3. The van der Waals surface area contributed by atoms with Gasteiger partial charge in [0, 0.05) is 32.4 Å². The molecule has 3 N–H and O–H groups in total. The van der Waals surface area contributed by atoms with Gasteiger partial charge in [-0.25, -0.2) is 9.59 Å². The van der Waals surface area contributed by atoms with Crippen molar-refractivity contribution in [1.29, 1.82) is 0 Å². The lowest BCUT2D eigenvalue weighted by Crippen LogP contribution is -2.35. The average Bonchev–Trinajstić information content (AvgIpc) is 4.05. The number of carbonyl (C=O) groups is 6. The van der Waals surface area contributed by atoms with Crippen LogP contribution in [0.15, 0.2) is 48.5 Å². The van der Waals surface area contributed by atoms with Gasteiger partial charge in [0.25, 0.3) is 0 Å². The van der Waals surface area contributed by atoms with Crippen LogP contribution in [0.1, 0.15) is 221 Å². The number of carboxylic acids is 1. The average molecular weight is 1080 g/mol. The van der Waals surface area contributed by atoms with Crippen LogP contribution in [0, 0.1) is 24.7 Å². The number of esters is 1. The Labute approximate surface area is 460 Å². The second kappa shape index (κ2) is 44.4. The van der Waals surface area contributed by atoms with Gasteiger partial charge in [-0.3, -0.25) is 29.0 Å². The Morgan fingerprint density at radius 2 is 1.04 bits per heavy atom. The maximum absolute atomic E-state index is 12.7. The summed E-state index contributed by atoms with van der Waals surface area (Å²) in [7, 11) is 0. The van der Waals surface area contributed by atoms with Crippen molar-refractivity contribution >= 4 is 48.0 Å². The second-order valence-electron chi connectivity index (χ2n) is 19.6. The molecule has 0 fully saturated rings. The van der Waals surface area contributed by atoms with Gasteiger partial charge in [-0.2, -0.15) is 0 Å². The van der Waals surface area contributed by atoms with E-state index in [1.165, 1.54) is 112 Å². The molecule has 4 rings (SSSR count). The SMILES string of the molecule is C#CCN(C(=O)OCCl)[C@@H]1CCc2ccccc21.C#CCN(C(=O)OCOC(=O)CCCCCNC(=O)CCCCCCCCCCCCCCCCCCC)[C@@H]1CCc2ccccc21.O=CNCCCCCC(=O)O. The van der Waals surface area contributed by atoms with E-state index in [0.29, 0.717) is 38.8 Å². The third-order valence-corrected chi connectivity index (χ3v) is 13.8. The number of aliphatic carboxylic acids is 1. The van der Waals surface area contributed by atoms with E-state index in [0.717, 1.165) is 75.3 Å². The molecule has 0 bridgehead atoms. The lowest BCUT2D eigenvalue weighted by Gasteiger charge is -2.27. The van der Waals surface area contributed by atoms with Crippen LogP contribution in [0.2, 0.25) is 0 Å². The Morgan fingerprint density at radius 3 is 1.51 bits per heavy atom. The molecule has 2 atom stereocenters. The van der Waals surface area contributed by atoms with E-state index in [1.54, 1.807) is 4.90 Å². The molecule has 2 aromatic rings. The van der Waals surface area contributed by atoms with Crippen LogP contribution in [0.3, 0.4) is 0 Å². The maximum Gasteiger partial charge on any atom is 0.413 e. The number of terminal acetylenes is 2. The summed E-state index contributed by atoms with van der Waals surface area (Å²) in [5.74, 6) is 3.98. The van der Waals surface area contributed by atoms with Gasteiger partial charge in [0.15, 0.2) is 6.07 Å². The Hall–Kier alpha value is -5.73. The molecule has 0 aliphatic heterocycles. The molecule has 0 spiro atoms. The number of fused-ring (bicyclic) bond motifs is 2. The summed E-state index contributed by atoms with van der Waals surface area (Å²) in [6.45, 7) is 3.47. The highest BCUT2D eigenvalue weighted by Crippen LogP contribution is 2.37. The fourth-order valence-electron chi connectivity index (χ4n) is 9.58. The molecule has 422 valence electrons. The number of nitrogens with zero attached hydrogens (tertiary/aromatic N) is 2. The summed E-state index contributed by atoms with van der Waals surface area (Å²) in [6, 6.07) is 15.8. The van der Waals surface area contributed by atoms with Crippen LogP contribution in [0.4, 0.5) is 9.59 Å². The number of hydrogen-bond acceptors (Lipinski definition) is 9. The zero-order valence-corrected chi connectivity index (χ0v) is 46.6. The Balaban J connectivity index is 0.000000548. The summed E-state index contributed by atoms with van der Waals surface area (Å²) < 4.78 is 15.2. The molecular weight excluding hydrogens is 984 g/mol. The first-order valence-electron chi connectivity index (χ1n) is 28.4. The lowest BCUT2D eigenvalue weighted by molar-refractivity contribution is -0.152.